The van der Waals surface area contributed by atoms with Crippen molar-refractivity contribution in [3.05, 3.63) is 0 Å². The van der Waals surface area contributed by atoms with Gasteiger partial charge in [-0.25, -0.2) is 0 Å². The highest BCUT2D eigenvalue weighted by Crippen LogP contribution is 2.31. The van der Waals surface area contributed by atoms with Crippen molar-refractivity contribution in [1.82, 2.24) is 9.80 Å². The van der Waals surface area contributed by atoms with Gasteiger partial charge in [0.25, 0.3) is 0 Å². The van der Waals surface area contributed by atoms with Crippen molar-refractivity contribution in [1.29, 1.82) is 0 Å². The first kappa shape index (κ1) is 31.9. The van der Waals surface area contributed by atoms with Crippen LogP contribution >= 0.6 is 0 Å². The van der Waals surface area contributed by atoms with Crippen LogP contribution in [0, 0.1) is 5.41 Å². The zero-order valence-corrected chi connectivity index (χ0v) is 24.8. The molecule has 0 N–H and O–H groups in total. The topological polar surface area (TPSA) is 6.48 Å². The lowest BCUT2D eigenvalue weighted by molar-refractivity contribution is -0.923. The third-order valence-corrected chi connectivity index (χ3v) is 8.24. The van der Waals surface area contributed by atoms with Crippen LogP contribution < -0.4 is 0 Å². The second kappa shape index (κ2) is 19.1. The van der Waals surface area contributed by atoms with Crippen LogP contribution in [0.3, 0.4) is 0 Å². The summed E-state index contributed by atoms with van der Waals surface area (Å²) in [5.41, 5.74) is 0.387. The lowest BCUT2D eigenvalue weighted by atomic mass is 9.86. The molecule has 34 heavy (non-hydrogen) atoms. The van der Waals surface area contributed by atoms with Crippen molar-refractivity contribution < 1.29 is 4.48 Å². The number of hydrogen-bond acceptors (Lipinski definition) is 2. The minimum Gasteiger partial charge on any atom is -0.323 e. The number of unbranched alkanes of at least 4 members (excludes halogenated alkanes) is 7. The highest BCUT2D eigenvalue weighted by Gasteiger charge is 2.41. The fraction of sp³-hybridized carbons (Fsp3) is 1.00. The van der Waals surface area contributed by atoms with Crippen LogP contribution in [0.1, 0.15) is 131 Å². The van der Waals surface area contributed by atoms with E-state index in [2.05, 4.69) is 51.3 Å². The van der Waals surface area contributed by atoms with Crippen molar-refractivity contribution in [2.75, 3.05) is 65.4 Å². The smallest absolute Gasteiger partial charge is 0.0865 e. The van der Waals surface area contributed by atoms with Gasteiger partial charge in [0.05, 0.1) is 26.2 Å². The molecule has 1 rings (SSSR count). The molecule has 3 nitrogen and oxygen atoms in total. The fourth-order valence-electron chi connectivity index (χ4n) is 6.47. The van der Waals surface area contributed by atoms with Gasteiger partial charge in [-0.2, -0.15) is 0 Å². The molecule has 0 aliphatic carbocycles. The van der Waals surface area contributed by atoms with Gasteiger partial charge in [0.15, 0.2) is 0 Å². The maximum atomic E-state index is 2.88. The monoisotopic (exact) mass is 481 g/mol. The summed E-state index contributed by atoms with van der Waals surface area (Å²) in [6, 6.07) is 0. The number of nitrogens with zero attached hydrogens (tertiary/aromatic N) is 3. The summed E-state index contributed by atoms with van der Waals surface area (Å²) >= 11 is 0. The van der Waals surface area contributed by atoms with Crippen LogP contribution in [0.15, 0.2) is 0 Å². The molecule has 0 amide bonds. The van der Waals surface area contributed by atoms with Crippen LogP contribution in [0.25, 0.3) is 0 Å². The Morgan fingerprint density at radius 2 is 0.971 bits per heavy atom. The summed E-state index contributed by atoms with van der Waals surface area (Å²) in [4.78, 5) is 5.77. The van der Waals surface area contributed by atoms with Gasteiger partial charge in [-0.15, -0.1) is 0 Å². The van der Waals surface area contributed by atoms with E-state index >= 15 is 0 Å². The van der Waals surface area contributed by atoms with Gasteiger partial charge in [0.2, 0.25) is 0 Å². The minimum absolute atomic E-state index is 0.387. The maximum Gasteiger partial charge on any atom is 0.0865 e. The van der Waals surface area contributed by atoms with Gasteiger partial charge in [-0.1, -0.05) is 86.5 Å². The van der Waals surface area contributed by atoms with Crippen molar-refractivity contribution in [2.45, 2.75) is 131 Å². The highest BCUT2D eigenvalue weighted by molar-refractivity contribution is 4.84. The zero-order valence-electron chi connectivity index (χ0n) is 24.8. The summed E-state index contributed by atoms with van der Waals surface area (Å²) in [6.45, 7) is 28.0. The van der Waals surface area contributed by atoms with E-state index < -0.39 is 0 Å². The molecule has 1 saturated heterocycles. The number of likely N-dealkylation sites (tertiary alicyclic amines) is 1. The average molecular weight is 481 g/mol. The average Bonchev–Trinajstić information content (AvgIpc) is 3.27. The molecular formula is C31H66N3+. The van der Waals surface area contributed by atoms with E-state index in [1.807, 2.05) is 0 Å². The molecule has 0 atom stereocenters. The SMILES string of the molecule is CCCCCN(CCCC)CC(C)(CN(CCCC)CCCCC)C[N+]1(CCCC)CCCC1. The van der Waals surface area contributed by atoms with Crippen molar-refractivity contribution in [3.63, 3.8) is 0 Å². The second-order valence-corrected chi connectivity index (χ2v) is 12.2. The molecule has 0 aromatic carbocycles. The Kier molecular flexibility index (Phi) is 17.9. The predicted molar refractivity (Wildman–Crippen MR) is 154 cm³/mol. The summed E-state index contributed by atoms with van der Waals surface area (Å²) in [6.07, 6.45) is 19.2. The molecule has 0 aromatic heterocycles. The van der Waals surface area contributed by atoms with E-state index in [4.69, 9.17) is 0 Å². The second-order valence-electron chi connectivity index (χ2n) is 12.2. The first-order valence-corrected chi connectivity index (χ1v) is 15.8. The van der Waals surface area contributed by atoms with E-state index in [0.29, 0.717) is 5.41 Å². The Labute approximate surface area is 216 Å². The third-order valence-electron chi connectivity index (χ3n) is 8.24. The molecule has 0 radical (unpaired) electrons. The number of quaternary nitrogens is 1. The summed E-state index contributed by atoms with van der Waals surface area (Å²) in [5.74, 6) is 0. The van der Waals surface area contributed by atoms with Crippen molar-refractivity contribution >= 4 is 0 Å². The fourth-order valence-corrected chi connectivity index (χ4v) is 6.47. The lowest BCUT2D eigenvalue weighted by Crippen LogP contribution is -2.58. The van der Waals surface area contributed by atoms with Gasteiger partial charge < -0.3 is 14.3 Å². The van der Waals surface area contributed by atoms with E-state index in [1.54, 1.807) is 0 Å². The molecule has 1 fully saturated rings. The Hall–Kier alpha value is -0.120. The van der Waals surface area contributed by atoms with Gasteiger partial charge >= 0.3 is 0 Å². The number of rotatable bonds is 23. The van der Waals surface area contributed by atoms with E-state index in [-0.39, 0.29) is 0 Å². The Morgan fingerprint density at radius 1 is 0.559 bits per heavy atom. The minimum atomic E-state index is 0.387. The summed E-state index contributed by atoms with van der Waals surface area (Å²) in [7, 11) is 0. The molecule has 204 valence electrons. The van der Waals surface area contributed by atoms with Gasteiger partial charge in [-0.05, 0) is 58.3 Å². The van der Waals surface area contributed by atoms with Crippen LogP contribution in [0.2, 0.25) is 0 Å². The molecule has 1 aliphatic rings. The van der Waals surface area contributed by atoms with Crippen molar-refractivity contribution in [2.24, 2.45) is 5.41 Å². The maximum absolute atomic E-state index is 2.88. The molecule has 0 unspecified atom stereocenters. The van der Waals surface area contributed by atoms with Gasteiger partial charge in [0.1, 0.15) is 0 Å². The van der Waals surface area contributed by atoms with Crippen LogP contribution in [-0.2, 0) is 0 Å². The quantitative estimate of drug-likeness (QED) is 0.108. The largest absolute Gasteiger partial charge is 0.323 e. The molecule has 3 heteroatoms. The lowest BCUT2D eigenvalue weighted by Gasteiger charge is -2.46. The standard InChI is InChI=1S/C31H66N3/c1-7-12-17-23-32(21-14-9-3)28-31(6,29-33(22-15-10-4)24-18-13-8-2)30-34(25-16-11-5)26-19-20-27-34/h7-30H2,1-6H3/q+1. The normalized spacial score (nSPS) is 16.2. The third kappa shape index (κ3) is 13.3. The summed E-state index contributed by atoms with van der Waals surface area (Å²) < 4.78 is 1.41. The predicted octanol–water partition coefficient (Wildman–Crippen LogP) is 7.99. The van der Waals surface area contributed by atoms with Gasteiger partial charge in [-0.3, -0.25) is 0 Å². The summed E-state index contributed by atoms with van der Waals surface area (Å²) in [5, 5.41) is 0. The first-order chi connectivity index (χ1) is 16.5. The van der Waals surface area contributed by atoms with Crippen molar-refractivity contribution in [3.8, 4) is 0 Å². The Bertz CT molecular complexity index is 434. The van der Waals surface area contributed by atoms with Gasteiger partial charge in [0, 0.05) is 31.3 Å². The Balaban J connectivity index is 3.08. The molecular weight excluding hydrogens is 414 g/mol. The van der Waals surface area contributed by atoms with E-state index in [1.165, 1.54) is 160 Å². The number of hydrogen-bond donors (Lipinski definition) is 0. The first-order valence-electron chi connectivity index (χ1n) is 15.8. The van der Waals surface area contributed by atoms with Crippen LogP contribution in [0.5, 0.6) is 0 Å². The molecule has 0 aromatic rings. The molecule has 0 spiro atoms. The Morgan fingerprint density at radius 3 is 1.38 bits per heavy atom. The van der Waals surface area contributed by atoms with Crippen LogP contribution in [-0.4, -0.2) is 79.7 Å². The zero-order chi connectivity index (χ0) is 25.1. The molecule has 0 bridgehead atoms. The van der Waals surface area contributed by atoms with E-state index in [0.717, 1.165) is 0 Å². The molecule has 1 heterocycles. The molecule has 1 aliphatic heterocycles. The van der Waals surface area contributed by atoms with Crippen LogP contribution in [0.4, 0.5) is 0 Å². The highest BCUT2D eigenvalue weighted by atomic mass is 15.4. The molecule has 0 saturated carbocycles. The van der Waals surface area contributed by atoms with E-state index in [9.17, 15) is 0 Å².